The van der Waals surface area contributed by atoms with Crippen LogP contribution in [0.1, 0.15) is 0 Å². The van der Waals surface area contributed by atoms with Gasteiger partial charge in [-0.1, -0.05) is 18.2 Å². The molecule has 21 heavy (non-hydrogen) atoms. The average molecular weight is 290 g/mol. The van der Waals surface area contributed by atoms with E-state index in [-0.39, 0.29) is 0 Å². The smallest absolute Gasteiger partial charge is 0.213 e. The standard InChI is InChI=1S/C16H10N4S/c1-2-7-13-12(6-1)18-16-19-14-10(9-21-15(14)20(13)16)11-5-3-4-8-17-11/h1-9H,(H,18,19). The third-order valence-corrected chi connectivity index (χ3v) is 4.66. The lowest BCUT2D eigenvalue weighted by Gasteiger charge is -1.94. The molecule has 0 aliphatic rings. The summed E-state index contributed by atoms with van der Waals surface area (Å²) in [6.07, 6.45) is 1.82. The summed E-state index contributed by atoms with van der Waals surface area (Å²) in [6, 6.07) is 14.2. The van der Waals surface area contributed by atoms with Gasteiger partial charge in [-0.15, -0.1) is 11.3 Å². The molecule has 4 heterocycles. The molecule has 0 aliphatic heterocycles. The minimum absolute atomic E-state index is 0.884. The number of hydrogen-bond acceptors (Lipinski definition) is 3. The molecule has 0 radical (unpaired) electrons. The lowest BCUT2D eigenvalue weighted by atomic mass is 10.2. The summed E-state index contributed by atoms with van der Waals surface area (Å²) in [5, 5.41) is 2.13. The molecule has 1 N–H and O–H groups in total. The van der Waals surface area contributed by atoms with Crippen LogP contribution in [0.2, 0.25) is 0 Å². The quantitative estimate of drug-likeness (QED) is 0.505. The first-order valence-corrected chi connectivity index (χ1v) is 7.57. The number of benzene rings is 1. The first kappa shape index (κ1) is 11.0. The number of nitrogens with zero attached hydrogens (tertiary/aromatic N) is 3. The van der Waals surface area contributed by atoms with Gasteiger partial charge in [-0.05, 0) is 24.3 Å². The van der Waals surface area contributed by atoms with Crippen molar-refractivity contribution in [3.8, 4) is 11.3 Å². The summed E-state index contributed by atoms with van der Waals surface area (Å²) < 4.78 is 2.18. The van der Waals surface area contributed by atoms with Crippen LogP contribution in [-0.4, -0.2) is 19.4 Å². The zero-order valence-corrected chi connectivity index (χ0v) is 11.8. The van der Waals surface area contributed by atoms with Crippen LogP contribution in [0, 0.1) is 0 Å². The van der Waals surface area contributed by atoms with Crippen molar-refractivity contribution in [2.45, 2.75) is 0 Å². The van der Waals surface area contributed by atoms with Gasteiger partial charge >= 0.3 is 0 Å². The van der Waals surface area contributed by atoms with Crippen LogP contribution in [0.15, 0.2) is 54.0 Å². The molecule has 5 aromatic rings. The van der Waals surface area contributed by atoms with Gasteiger partial charge < -0.3 is 4.98 Å². The van der Waals surface area contributed by atoms with Crippen molar-refractivity contribution in [3.63, 3.8) is 0 Å². The predicted octanol–water partition coefficient (Wildman–Crippen LogP) is 4.09. The van der Waals surface area contributed by atoms with E-state index < -0.39 is 0 Å². The number of hydrogen-bond donors (Lipinski definition) is 1. The van der Waals surface area contributed by atoms with Gasteiger partial charge in [0.05, 0.1) is 16.7 Å². The van der Waals surface area contributed by atoms with Crippen LogP contribution >= 0.6 is 11.3 Å². The van der Waals surface area contributed by atoms with E-state index in [2.05, 4.69) is 37.9 Å². The number of fused-ring (bicyclic) bond motifs is 5. The molecule has 0 atom stereocenters. The Hall–Kier alpha value is -2.66. The second-order valence-corrected chi connectivity index (χ2v) is 5.79. The maximum atomic E-state index is 4.77. The molecule has 5 heteroatoms. The zero-order valence-electron chi connectivity index (χ0n) is 10.9. The van der Waals surface area contributed by atoms with Crippen molar-refractivity contribution in [3.05, 3.63) is 54.0 Å². The molecule has 0 saturated heterocycles. The minimum atomic E-state index is 0.884. The monoisotopic (exact) mass is 290 g/mol. The molecule has 1 aromatic carbocycles. The van der Waals surface area contributed by atoms with E-state index >= 15 is 0 Å². The van der Waals surface area contributed by atoms with Gasteiger partial charge in [0.2, 0.25) is 5.78 Å². The lowest BCUT2D eigenvalue weighted by Crippen LogP contribution is -1.79. The van der Waals surface area contributed by atoms with Gasteiger partial charge in [-0.3, -0.25) is 9.38 Å². The second-order valence-electron chi connectivity index (χ2n) is 4.93. The molecule has 4 nitrogen and oxygen atoms in total. The Kier molecular flexibility index (Phi) is 2.07. The molecule has 0 bridgehead atoms. The Balaban J connectivity index is 1.90. The average Bonchev–Trinajstić information content (AvgIpc) is 3.16. The van der Waals surface area contributed by atoms with Crippen molar-refractivity contribution in [1.82, 2.24) is 19.4 Å². The molecule has 0 unspecified atom stereocenters. The fourth-order valence-electron chi connectivity index (χ4n) is 2.77. The Labute approximate surface area is 123 Å². The molecule has 100 valence electrons. The highest BCUT2D eigenvalue weighted by Gasteiger charge is 2.16. The molecule has 0 saturated carbocycles. The largest absolute Gasteiger partial charge is 0.323 e. The van der Waals surface area contributed by atoms with Crippen molar-refractivity contribution in [2.24, 2.45) is 0 Å². The van der Waals surface area contributed by atoms with Crippen molar-refractivity contribution >= 4 is 38.5 Å². The summed E-state index contributed by atoms with van der Waals surface area (Å²) in [7, 11) is 0. The van der Waals surface area contributed by atoms with Crippen molar-refractivity contribution < 1.29 is 0 Å². The van der Waals surface area contributed by atoms with Crippen LogP contribution in [0.4, 0.5) is 0 Å². The molecule has 0 amide bonds. The first-order valence-electron chi connectivity index (χ1n) is 6.69. The van der Waals surface area contributed by atoms with Crippen LogP contribution in [-0.2, 0) is 0 Å². The van der Waals surface area contributed by atoms with Gasteiger partial charge in [0, 0.05) is 17.1 Å². The maximum Gasteiger partial charge on any atom is 0.213 e. The Morgan fingerprint density at radius 3 is 2.86 bits per heavy atom. The highest BCUT2D eigenvalue weighted by molar-refractivity contribution is 7.17. The van der Waals surface area contributed by atoms with Gasteiger partial charge in [0.1, 0.15) is 10.3 Å². The van der Waals surface area contributed by atoms with Crippen LogP contribution in [0.25, 0.3) is 38.4 Å². The van der Waals surface area contributed by atoms with E-state index in [0.29, 0.717) is 0 Å². The summed E-state index contributed by atoms with van der Waals surface area (Å²) in [6.45, 7) is 0. The number of pyridine rings is 1. The predicted molar refractivity (Wildman–Crippen MR) is 85.7 cm³/mol. The number of aromatic amines is 1. The highest BCUT2D eigenvalue weighted by atomic mass is 32.1. The third kappa shape index (κ3) is 1.43. The number of nitrogens with one attached hydrogen (secondary N) is 1. The van der Waals surface area contributed by atoms with Crippen LogP contribution in [0.3, 0.4) is 0 Å². The summed E-state index contributed by atoms with van der Waals surface area (Å²) in [4.78, 5) is 13.7. The first-order chi connectivity index (χ1) is 10.4. The summed E-state index contributed by atoms with van der Waals surface area (Å²) >= 11 is 1.70. The number of H-pyrrole nitrogens is 1. The SMILES string of the molecule is c1ccc(-c2csc3c2nc2[nH]c4ccccc4n23)nc1. The van der Waals surface area contributed by atoms with E-state index in [1.165, 1.54) is 0 Å². The third-order valence-electron chi connectivity index (χ3n) is 3.71. The van der Waals surface area contributed by atoms with Gasteiger partial charge in [0.25, 0.3) is 0 Å². The Bertz CT molecular complexity index is 1080. The molecular formula is C16H10N4S. The summed E-state index contributed by atoms with van der Waals surface area (Å²) in [5.41, 5.74) is 5.33. The van der Waals surface area contributed by atoms with Gasteiger partial charge in [-0.25, -0.2) is 4.98 Å². The number of imidazole rings is 2. The van der Waals surface area contributed by atoms with Crippen LogP contribution in [0.5, 0.6) is 0 Å². The molecular weight excluding hydrogens is 280 g/mol. The number of thiophene rings is 1. The van der Waals surface area contributed by atoms with Crippen LogP contribution < -0.4 is 0 Å². The molecule has 0 aliphatic carbocycles. The van der Waals surface area contributed by atoms with E-state index in [0.717, 1.165) is 38.4 Å². The van der Waals surface area contributed by atoms with E-state index in [9.17, 15) is 0 Å². The fourth-order valence-corrected chi connectivity index (χ4v) is 3.79. The van der Waals surface area contributed by atoms with E-state index in [1.54, 1.807) is 11.3 Å². The second kappa shape index (κ2) is 3.93. The molecule has 0 spiro atoms. The molecule has 5 rings (SSSR count). The normalized spacial score (nSPS) is 11.8. The van der Waals surface area contributed by atoms with Crippen molar-refractivity contribution in [1.29, 1.82) is 0 Å². The highest BCUT2D eigenvalue weighted by Crippen LogP contribution is 2.34. The Morgan fingerprint density at radius 1 is 1.05 bits per heavy atom. The van der Waals surface area contributed by atoms with E-state index in [1.807, 2.05) is 30.5 Å². The number of rotatable bonds is 1. The lowest BCUT2D eigenvalue weighted by molar-refractivity contribution is 1.28. The van der Waals surface area contributed by atoms with Gasteiger partial charge in [-0.2, -0.15) is 0 Å². The van der Waals surface area contributed by atoms with Gasteiger partial charge in [0.15, 0.2) is 0 Å². The molecule has 4 aromatic heterocycles. The minimum Gasteiger partial charge on any atom is -0.323 e. The van der Waals surface area contributed by atoms with Crippen molar-refractivity contribution in [2.75, 3.05) is 0 Å². The maximum absolute atomic E-state index is 4.77. The zero-order chi connectivity index (χ0) is 13.8. The fraction of sp³-hybridized carbons (Fsp3) is 0. The Morgan fingerprint density at radius 2 is 1.95 bits per heavy atom. The topological polar surface area (TPSA) is 46.0 Å². The van der Waals surface area contributed by atoms with E-state index in [4.69, 9.17) is 4.98 Å². The summed E-state index contributed by atoms with van der Waals surface area (Å²) in [5.74, 6) is 0.884. The molecule has 0 fully saturated rings. The number of para-hydroxylation sites is 2. The number of aromatic nitrogens is 4.